The third kappa shape index (κ3) is 4.94. The number of nitrogens with one attached hydrogen (secondary N) is 1. The summed E-state index contributed by atoms with van der Waals surface area (Å²) in [7, 11) is -3.68. The molecule has 0 bridgehead atoms. The summed E-state index contributed by atoms with van der Waals surface area (Å²) in [6.07, 6.45) is -4.61. The number of hydrogen-bond donors (Lipinski definition) is 3. The van der Waals surface area contributed by atoms with Crippen LogP contribution in [-0.4, -0.2) is 25.7 Å². The molecule has 10 heteroatoms. The van der Waals surface area contributed by atoms with Crippen LogP contribution in [0.4, 0.5) is 18.9 Å². The largest absolute Gasteiger partial charge is 0.417 e. The molecule has 0 heterocycles. The van der Waals surface area contributed by atoms with Gasteiger partial charge in [0.15, 0.2) is 0 Å². The molecule has 20 heavy (non-hydrogen) atoms. The summed E-state index contributed by atoms with van der Waals surface area (Å²) < 4.78 is 60.0. The van der Waals surface area contributed by atoms with Gasteiger partial charge in [0.2, 0.25) is 10.0 Å². The molecular formula is C10H12F3N3O2S2. The van der Waals surface area contributed by atoms with Gasteiger partial charge < -0.3 is 11.1 Å². The van der Waals surface area contributed by atoms with Crippen LogP contribution >= 0.6 is 12.2 Å². The minimum Gasteiger partial charge on any atom is -0.389 e. The summed E-state index contributed by atoms with van der Waals surface area (Å²) >= 11 is 4.56. The number of rotatable bonds is 5. The summed E-state index contributed by atoms with van der Waals surface area (Å²) in [5, 5.41) is 7.32. The van der Waals surface area contributed by atoms with E-state index in [0.717, 1.165) is 12.1 Å². The number of sulfonamides is 1. The van der Waals surface area contributed by atoms with Gasteiger partial charge in [0.1, 0.15) is 4.99 Å². The van der Waals surface area contributed by atoms with Crippen molar-refractivity contribution < 1.29 is 21.6 Å². The number of primary sulfonamides is 1. The van der Waals surface area contributed by atoms with Crippen LogP contribution < -0.4 is 16.2 Å². The van der Waals surface area contributed by atoms with Crippen LogP contribution in [0.25, 0.3) is 0 Å². The highest BCUT2D eigenvalue weighted by atomic mass is 32.2. The average molecular weight is 327 g/mol. The Kier molecular flexibility index (Phi) is 4.95. The molecule has 1 aromatic carbocycles. The van der Waals surface area contributed by atoms with Crippen molar-refractivity contribution >= 4 is 32.9 Å². The number of alkyl halides is 3. The molecule has 112 valence electrons. The molecule has 0 saturated heterocycles. The predicted octanol–water partition coefficient (Wildman–Crippen LogP) is 1.04. The molecule has 1 aromatic rings. The summed E-state index contributed by atoms with van der Waals surface area (Å²) in [5.41, 5.74) is 4.06. The van der Waals surface area contributed by atoms with Crippen LogP contribution in [0.2, 0.25) is 0 Å². The van der Waals surface area contributed by atoms with E-state index in [0.29, 0.717) is 0 Å². The quantitative estimate of drug-likeness (QED) is 0.702. The highest BCUT2D eigenvalue weighted by Gasteiger charge is 2.34. The molecule has 0 amide bonds. The molecule has 0 aliphatic carbocycles. The van der Waals surface area contributed by atoms with E-state index < -0.39 is 27.5 Å². The lowest BCUT2D eigenvalue weighted by atomic mass is 10.1. The Bertz CT molecular complexity index is 615. The van der Waals surface area contributed by atoms with E-state index in [1.54, 1.807) is 0 Å². The Balaban J connectivity index is 2.99. The number of thiocarbonyl (C=S) groups is 1. The maximum absolute atomic E-state index is 12.8. The maximum atomic E-state index is 12.8. The number of nitrogens with two attached hydrogens (primary N) is 2. The standard InChI is InChI=1S/C10H12F3N3O2S2/c11-10(12,13)8-5-6(1-2-7(8)9(14)19)16-3-4-20(15,17)18/h1-2,5,16H,3-4H2,(H2,14,19)(H2,15,17,18). The van der Waals surface area contributed by atoms with Gasteiger partial charge in [0.25, 0.3) is 0 Å². The minimum atomic E-state index is -4.61. The van der Waals surface area contributed by atoms with E-state index in [1.165, 1.54) is 6.07 Å². The van der Waals surface area contributed by atoms with Crippen molar-refractivity contribution in [2.24, 2.45) is 10.9 Å². The maximum Gasteiger partial charge on any atom is 0.417 e. The van der Waals surface area contributed by atoms with Gasteiger partial charge in [-0.2, -0.15) is 13.2 Å². The van der Waals surface area contributed by atoms with Crippen molar-refractivity contribution in [2.45, 2.75) is 6.18 Å². The molecule has 0 fully saturated rings. The molecular weight excluding hydrogens is 315 g/mol. The lowest BCUT2D eigenvalue weighted by molar-refractivity contribution is -0.137. The van der Waals surface area contributed by atoms with Gasteiger partial charge in [-0.25, -0.2) is 13.6 Å². The molecule has 0 unspecified atom stereocenters. The second-order valence-electron chi connectivity index (χ2n) is 3.92. The third-order valence-electron chi connectivity index (χ3n) is 2.31. The predicted molar refractivity (Wildman–Crippen MR) is 73.8 cm³/mol. The number of anilines is 1. The summed E-state index contributed by atoms with van der Waals surface area (Å²) in [4.78, 5) is -0.367. The van der Waals surface area contributed by atoms with Crippen molar-refractivity contribution in [3.63, 3.8) is 0 Å². The first-order chi connectivity index (χ1) is 9.00. The van der Waals surface area contributed by atoms with Crippen LogP contribution in [0, 0.1) is 0 Å². The van der Waals surface area contributed by atoms with Crippen molar-refractivity contribution in [2.75, 3.05) is 17.6 Å². The molecule has 0 aliphatic rings. The number of halogens is 3. The molecule has 5 N–H and O–H groups in total. The first-order valence-corrected chi connectivity index (χ1v) is 7.38. The smallest absolute Gasteiger partial charge is 0.389 e. The summed E-state index contributed by atoms with van der Waals surface area (Å²) in [5.74, 6) is -0.397. The van der Waals surface area contributed by atoms with E-state index in [1.807, 2.05) is 0 Å². The fraction of sp³-hybridized carbons (Fsp3) is 0.300. The fourth-order valence-electron chi connectivity index (χ4n) is 1.44. The third-order valence-corrected chi connectivity index (χ3v) is 3.30. The Labute approximate surface area is 119 Å². The van der Waals surface area contributed by atoms with Crippen molar-refractivity contribution in [1.29, 1.82) is 0 Å². The zero-order chi connectivity index (χ0) is 15.6. The first-order valence-electron chi connectivity index (χ1n) is 5.26. The Morgan fingerprint density at radius 2 is 1.95 bits per heavy atom. The van der Waals surface area contributed by atoms with Crippen molar-refractivity contribution in [3.8, 4) is 0 Å². The summed E-state index contributed by atoms with van der Waals surface area (Å²) in [6.45, 7) is -0.109. The van der Waals surface area contributed by atoms with Crippen molar-refractivity contribution in [3.05, 3.63) is 29.3 Å². The molecule has 1 rings (SSSR count). The van der Waals surface area contributed by atoms with E-state index in [-0.39, 0.29) is 22.8 Å². The van der Waals surface area contributed by atoms with Crippen LogP contribution in [0.15, 0.2) is 18.2 Å². The zero-order valence-corrected chi connectivity index (χ0v) is 11.7. The summed E-state index contributed by atoms with van der Waals surface area (Å²) in [6, 6.07) is 3.27. The first kappa shape index (κ1) is 16.7. The highest BCUT2D eigenvalue weighted by Crippen LogP contribution is 2.33. The molecule has 0 spiro atoms. The van der Waals surface area contributed by atoms with Gasteiger partial charge >= 0.3 is 6.18 Å². The average Bonchev–Trinajstić information content (AvgIpc) is 2.25. The van der Waals surface area contributed by atoms with E-state index in [9.17, 15) is 21.6 Å². The second kappa shape index (κ2) is 5.94. The molecule has 0 saturated carbocycles. The topological polar surface area (TPSA) is 98.2 Å². The van der Waals surface area contributed by atoms with Gasteiger partial charge in [-0.1, -0.05) is 12.2 Å². The van der Waals surface area contributed by atoms with Crippen LogP contribution in [-0.2, 0) is 16.2 Å². The lowest BCUT2D eigenvalue weighted by Crippen LogP contribution is -2.23. The SMILES string of the molecule is NC(=S)c1ccc(NCCS(N)(=O)=O)cc1C(F)(F)F. The molecule has 5 nitrogen and oxygen atoms in total. The Hall–Kier alpha value is -1.39. The van der Waals surface area contributed by atoms with Gasteiger partial charge in [0.05, 0.1) is 11.3 Å². The number of benzene rings is 1. The normalized spacial score (nSPS) is 12.2. The minimum absolute atomic E-state index is 0.0981. The van der Waals surface area contributed by atoms with Crippen LogP contribution in [0.3, 0.4) is 0 Å². The molecule has 0 atom stereocenters. The molecule has 0 aliphatic heterocycles. The van der Waals surface area contributed by atoms with E-state index >= 15 is 0 Å². The zero-order valence-electron chi connectivity index (χ0n) is 10.1. The molecule has 0 aromatic heterocycles. The van der Waals surface area contributed by atoms with Gasteiger partial charge in [-0.15, -0.1) is 0 Å². The monoisotopic (exact) mass is 327 g/mol. The fourth-order valence-corrected chi connectivity index (χ4v) is 2.01. The van der Waals surface area contributed by atoms with Crippen LogP contribution in [0.1, 0.15) is 11.1 Å². The van der Waals surface area contributed by atoms with Crippen LogP contribution in [0.5, 0.6) is 0 Å². The second-order valence-corrected chi connectivity index (χ2v) is 6.09. The molecule has 0 radical (unpaired) electrons. The van der Waals surface area contributed by atoms with E-state index in [4.69, 9.17) is 10.9 Å². The van der Waals surface area contributed by atoms with E-state index in [2.05, 4.69) is 17.5 Å². The van der Waals surface area contributed by atoms with Gasteiger partial charge in [-0.05, 0) is 18.2 Å². The highest BCUT2D eigenvalue weighted by molar-refractivity contribution is 7.89. The number of hydrogen-bond acceptors (Lipinski definition) is 4. The van der Waals surface area contributed by atoms with Gasteiger partial charge in [0, 0.05) is 17.8 Å². The Morgan fingerprint density at radius 3 is 2.40 bits per heavy atom. The lowest BCUT2D eigenvalue weighted by Gasteiger charge is -2.14. The van der Waals surface area contributed by atoms with Gasteiger partial charge in [-0.3, -0.25) is 0 Å². The Morgan fingerprint density at radius 1 is 1.35 bits per heavy atom. The van der Waals surface area contributed by atoms with Crippen molar-refractivity contribution in [1.82, 2.24) is 0 Å².